The van der Waals surface area contributed by atoms with Gasteiger partial charge in [0.15, 0.2) is 0 Å². The zero-order valence-corrected chi connectivity index (χ0v) is 27.6. The molecule has 2 unspecified atom stereocenters. The van der Waals surface area contributed by atoms with Crippen LogP contribution in [-0.4, -0.2) is 98.2 Å². The topological polar surface area (TPSA) is 105 Å². The number of rotatable bonds is 10. The molecule has 2 heterocycles. The zero-order valence-electron chi connectivity index (χ0n) is 27.6. The molecule has 2 aliphatic rings. The Hall–Kier alpha value is -4.96. The lowest BCUT2D eigenvalue weighted by molar-refractivity contribution is -0.137. The van der Waals surface area contributed by atoms with E-state index in [1.807, 2.05) is 123 Å². The second-order valence-electron chi connectivity index (χ2n) is 12.6. The number of likely N-dealkylation sites (tertiary alicyclic amines) is 2. The van der Waals surface area contributed by atoms with Crippen LogP contribution in [0.1, 0.15) is 47.2 Å². The lowest BCUT2D eigenvalue weighted by Crippen LogP contribution is -2.46. The van der Waals surface area contributed by atoms with Crippen LogP contribution in [-0.2, 0) is 14.4 Å². The average molecular weight is 637 g/mol. The van der Waals surface area contributed by atoms with E-state index < -0.39 is 12.1 Å². The van der Waals surface area contributed by atoms with Gasteiger partial charge in [-0.25, -0.2) is 0 Å². The van der Waals surface area contributed by atoms with E-state index in [0.717, 1.165) is 29.7 Å². The minimum absolute atomic E-state index is 0.0293. The van der Waals surface area contributed by atoms with Gasteiger partial charge in [0.25, 0.3) is 5.91 Å². The monoisotopic (exact) mass is 636 g/mol. The van der Waals surface area contributed by atoms with E-state index in [-0.39, 0.29) is 30.2 Å². The van der Waals surface area contributed by atoms with Gasteiger partial charge >= 0.3 is 0 Å². The molecule has 2 saturated heterocycles. The molecule has 0 saturated carbocycles. The highest BCUT2D eigenvalue weighted by Gasteiger charge is 2.35. The molecule has 0 spiro atoms. The van der Waals surface area contributed by atoms with E-state index in [1.54, 1.807) is 9.80 Å². The molecule has 4 amide bonds. The minimum Gasteiger partial charge on any atom is -0.378 e. The van der Waals surface area contributed by atoms with Crippen LogP contribution >= 0.6 is 0 Å². The van der Waals surface area contributed by atoms with Crippen molar-refractivity contribution in [2.24, 2.45) is 0 Å². The summed E-state index contributed by atoms with van der Waals surface area (Å²) in [6, 6.07) is 21.6. The van der Waals surface area contributed by atoms with E-state index in [9.17, 15) is 19.2 Å². The molecular formula is C37H44N6O4. The van der Waals surface area contributed by atoms with Crippen LogP contribution < -0.4 is 15.5 Å². The molecular weight excluding hydrogens is 592 g/mol. The molecule has 2 N–H and O–H groups in total. The minimum atomic E-state index is -0.508. The smallest absolute Gasteiger partial charge is 0.254 e. The molecule has 0 radical (unpaired) electrons. The summed E-state index contributed by atoms with van der Waals surface area (Å²) >= 11 is 0. The van der Waals surface area contributed by atoms with Crippen molar-refractivity contribution < 1.29 is 19.2 Å². The van der Waals surface area contributed by atoms with E-state index in [2.05, 4.69) is 10.6 Å². The van der Waals surface area contributed by atoms with E-state index in [0.29, 0.717) is 42.9 Å². The summed E-state index contributed by atoms with van der Waals surface area (Å²) in [7, 11) is 7.59. The number of carbonyl (C=O) groups is 4. The number of nitrogens with one attached hydrogen (secondary N) is 2. The maximum absolute atomic E-state index is 13.2. The quantitative estimate of drug-likeness (QED) is 0.314. The predicted octanol–water partition coefficient (Wildman–Crippen LogP) is 4.66. The van der Waals surface area contributed by atoms with Gasteiger partial charge in [-0.2, -0.15) is 0 Å². The van der Waals surface area contributed by atoms with Crippen molar-refractivity contribution in [1.29, 1.82) is 0 Å². The Balaban J connectivity index is 1.12. The Labute approximate surface area is 277 Å². The summed E-state index contributed by atoms with van der Waals surface area (Å²) in [6.07, 6.45) is 6.86. The fourth-order valence-corrected chi connectivity index (χ4v) is 6.05. The van der Waals surface area contributed by atoms with Crippen molar-refractivity contribution in [3.05, 3.63) is 89.5 Å². The molecule has 0 bridgehead atoms. The van der Waals surface area contributed by atoms with Crippen molar-refractivity contribution >= 4 is 52.8 Å². The van der Waals surface area contributed by atoms with Crippen molar-refractivity contribution in [2.45, 2.75) is 37.8 Å². The van der Waals surface area contributed by atoms with Gasteiger partial charge in [0.05, 0.1) is 6.54 Å². The highest BCUT2D eigenvalue weighted by Crippen LogP contribution is 2.24. The van der Waals surface area contributed by atoms with Crippen LogP contribution in [0.5, 0.6) is 0 Å². The van der Waals surface area contributed by atoms with Crippen molar-refractivity contribution in [2.75, 3.05) is 63.4 Å². The third kappa shape index (κ3) is 8.45. The molecule has 0 aromatic heterocycles. The fraction of sp³-hybridized carbons (Fsp3) is 0.351. The maximum atomic E-state index is 13.2. The number of anilines is 3. The first-order chi connectivity index (χ1) is 22.6. The van der Waals surface area contributed by atoms with Crippen LogP contribution in [0.3, 0.4) is 0 Å². The third-order valence-corrected chi connectivity index (χ3v) is 8.60. The van der Waals surface area contributed by atoms with E-state index >= 15 is 0 Å². The summed E-state index contributed by atoms with van der Waals surface area (Å²) in [5.41, 5.74) is 4.87. The van der Waals surface area contributed by atoms with Crippen LogP contribution in [0, 0.1) is 0 Å². The number of carbonyl (C=O) groups excluding carboxylic acids is 4. The van der Waals surface area contributed by atoms with Gasteiger partial charge in [0, 0.05) is 49.8 Å². The molecule has 2 fully saturated rings. The second-order valence-corrected chi connectivity index (χ2v) is 12.6. The first kappa shape index (κ1) is 33.4. The molecule has 246 valence electrons. The van der Waals surface area contributed by atoms with Crippen molar-refractivity contribution in [3.8, 4) is 0 Å². The third-order valence-electron chi connectivity index (χ3n) is 8.60. The fourth-order valence-electron chi connectivity index (χ4n) is 6.05. The number of benzene rings is 3. The van der Waals surface area contributed by atoms with Gasteiger partial charge in [-0.05, 0) is 99.4 Å². The average Bonchev–Trinajstić information content (AvgIpc) is 3.76. The van der Waals surface area contributed by atoms with Crippen molar-refractivity contribution in [3.63, 3.8) is 0 Å². The predicted molar refractivity (Wildman–Crippen MR) is 187 cm³/mol. The van der Waals surface area contributed by atoms with Crippen LogP contribution in [0.25, 0.3) is 12.2 Å². The highest BCUT2D eigenvalue weighted by atomic mass is 16.2. The Morgan fingerprint density at radius 1 is 0.681 bits per heavy atom. The lowest BCUT2D eigenvalue weighted by atomic mass is 10.1. The molecule has 10 heteroatoms. The molecule has 2 aliphatic heterocycles. The van der Waals surface area contributed by atoms with Gasteiger partial charge in [0.1, 0.15) is 12.1 Å². The summed E-state index contributed by atoms with van der Waals surface area (Å²) < 4.78 is 0. The summed E-state index contributed by atoms with van der Waals surface area (Å²) in [6.45, 7) is 1.45. The number of amides is 4. The molecule has 2 atom stereocenters. The maximum Gasteiger partial charge on any atom is 0.254 e. The molecule has 47 heavy (non-hydrogen) atoms. The van der Waals surface area contributed by atoms with Crippen molar-refractivity contribution in [1.82, 2.24) is 14.7 Å². The summed E-state index contributed by atoms with van der Waals surface area (Å²) in [4.78, 5) is 59.0. The first-order valence-corrected chi connectivity index (χ1v) is 16.1. The Kier molecular flexibility index (Phi) is 10.7. The zero-order chi connectivity index (χ0) is 33.5. The largest absolute Gasteiger partial charge is 0.378 e. The summed E-state index contributed by atoms with van der Waals surface area (Å²) in [5.74, 6) is -0.501. The highest BCUT2D eigenvalue weighted by molar-refractivity contribution is 6.02. The number of hydrogen-bond acceptors (Lipinski definition) is 6. The van der Waals surface area contributed by atoms with Gasteiger partial charge < -0.3 is 30.2 Å². The molecule has 5 rings (SSSR count). The van der Waals surface area contributed by atoms with Crippen LogP contribution in [0.4, 0.5) is 17.1 Å². The van der Waals surface area contributed by atoms with Crippen LogP contribution in [0.15, 0.2) is 72.8 Å². The number of nitrogens with zero attached hydrogens (tertiary/aromatic N) is 4. The molecule has 3 aromatic rings. The molecule has 3 aromatic carbocycles. The summed E-state index contributed by atoms with van der Waals surface area (Å²) in [5, 5.41) is 5.94. The van der Waals surface area contributed by atoms with Gasteiger partial charge in [0.2, 0.25) is 17.7 Å². The molecule has 10 nitrogen and oxygen atoms in total. The second kappa shape index (κ2) is 15.1. The number of hydrogen-bond donors (Lipinski definition) is 2. The standard InChI is InChI=1S/C37H44N6O4/c1-40(2)25-34(44)42-23-5-7-32(42)35(45)38-29-17-11-26(12-18-29)9-10-27-13-19-30(20-14-27)39-36(46)33-8-6-24-43(33)37(47)28-15-21-31(22-16-28)41(3)4/h9-22,32-33H,5-8,23-25H2,1-4H3,(H,38,45)(H,39,46)/b10-9+. The van der Waals surface area contributed by atoms with Gasteiger partial charge in [-0.15, -0.1) is 0 Å². The van der Waals surface area contributed by atoms with Gasteiger partial charge in [-0.3, -0.25) is 19.2 Å². The Morgan fingerprint density at radius 2 is 1.15 bits per heavy atom. The van der Waals surface area contributed by atoms with Crippen LogP contribution in [0.2, 0.25) is 0 Å². The normalized spacial score (nSPS) is 17.7. The lowest BCUT2D eigenvalue weighted by Gasteiger charge is -2.25. The SMILES string of the molecule is CN(C)CC(=O)N1CCCC1C(=O)Nc1ccc(/C=C/c2ccc(NC(=O)C3CCCN3C(=O)c3ccc(N(C)C)cc3)cc2)cc1. The van der Waals surface area contributed by atoms with E-state index in [1.165, 1.54) is 0 Å². The van der Waals surface area contributed by atoms with E-state index in [4.69, 9.17) is 0 Å². The number of likely N-dealkylation sites (N-methyl/N-ethyl adjacent to an activating group) is 1. The Bertz CT molecular complexity index is 1600. The van der Waals surface area contributed by atoms with Gasteiger partial charge in [-0.1, -0.05) is 36.4 Å². The molecule has 0 aliphatic carbocycles. The first-order valence-electron chi connectivity index (χ1n) is 16.1. The Morgan fingerprint density at radius 3 is 1.62 bits per heavy atom.